The number of aliphatic hydroxyl groups excluding tert-OH is 1. The largest absolute Gasteiger partial charge is 0.507 e. The smallest absolute Gasteiger partial charge is 0.295 e. The van der Waals surface area contributed by atoms with Crippen molar-refractivity contribution < 1.29 is 33.6 Å². The Kier molecular flexibility index (Phi) is 6.96. The van der Waals surface area contributed by atoms with Crippen LogP contribution in [0.5, 0.6) is 23.0 Å². The Hall–Kier alpha value is -4.46. The first-order valence-electron chi connectivity index (χ1n) is 12.5. The number of carbonyl (C=O) groups is 2. The zero-order valence-electron chi connectivity index (χ0n) is 21.5. The maximum absolute atomic E-state index is 13.4. The van der Waals surface area contributed by atoms with Crippen LogP contribution < -0.4 is 18.9 Å². The number of ether oxygens (including phenoxy) is 4. The van der Waals surface area contributed by atoms with Crippen molar-refractivity contribution in [1.82, 2.24) is 4.90 Å². The molecule has 3 aromatic rings. The summed E-state index contributed by atoms with van der Waals surface area (Å²) in [7, 11) is 1.57. The van der Waals surface area contributed by atoms with Gasteiger partial charge in [-0.2, -0.15) is 0 Å². The molecule has 2 heterocycles. The zero-order valence-corrected chi connectivity index (χ0v) is 21.5. The van der Waals surface area contributed by atoms with Crippen molar-refractivity contribution in [3.05, 3.63) is 88.5 Å². The first kappa shape index (κ1) is 25.2. The molecule has 2 aliphatic rings. The van der Waals surface area contributed by atoms with Gasteiger partial charge >= 0.3 is 0 Å². The monoisotopic (exact) mass is 515 g/mol. The molecule has 1 saturated heterocycles. The van der Waals surface area contributed by atoms with Crippen molar-refractivity contribution in [2.45, 2.75) is 32.9 Å². The van der Waals surface area contributed by atoms with Crippen molar-refractivity contribution in [3.63, 3.8) is 0 Å². The predicted octanol–water partition coefficient (Wildman–Crippen LogP) is 5.14. The van der Waals surface area contributed by atoms with E-state index >= 15 is 0 Å². The Morgan fingerprint density at radius 2 is 1.79 bits per heavy atom. The third-order valence-electron chi connectivity index (χ3n) is 6.67. The van der Waals surface area contributed by atoms with E-state index in [9.17, 15) is 14.7 Å². The summed E-state index contributed by atoms with van der Waals surface area (Å²) >= 11 is 0. The Labute approximate surface area is 221 Å². The molecule has 0 bridgehead atoms. The molecule has 3 aromatic carbocycles. The summed E-state index contributed by atoms with van der Waals surface area (Å²) in [5.41, 5.74) is 2.72. The number of ketones is 1. The van der Waals surface area contributed by atoms with Crippen LogP contribution in [-0.4, -0.2) is 42.2 Å². The van der Waals surface area contributed by atoms with Crippen LogP contribution in [0.2, 0.25) is 0 Å². The third-order valence-corrected chi connectivity index (χ3v) is 6.67. The van der Waals surface area contributed by atoms with Crippen LogP contribution in [0.3, 0.4) is 0 Å². The number of nitrogens with zero attached hydrogens (tertiary/aromatic N) is 1. The minimum atomic E-state index is -0.803. The normalized spacial score (nSPS) is 17.7. The number of amides is 1. The number of hydrogen-bond donors (Lipinski definition) is 1. The number of Topliss-reactive ketones (excluding diaryl/α,β-unsaturated/α-hetero) is 1. The minimum Gasteiger partial charge on any atom is -0.507 e. The van der Waals surface area contributed by atoms with E-state index in [1.165, 1.54) is 4.90 Å². The Morgan fingerprint density at radius 3 is 2.50 bits per heavy atom. The molecule has 196 valence electrons. The van der Waals surface area contributed by atoms with Gasteiger partial charge in [-0.15, -0.1) is 0 Å². The highest BCUT2D eigenvalue weighted by Crippen LogP contribution is 2.42. The number of aliphatic hydroxyl groups is 1. The average molecular weight is 516 g/mol. The molecule has 1 fully saturated rings. The zero-order chi connectivity index (χ0) is 26.8. The van der Waals surface area contributed by atoms with Crippen LogP contribution in [0.4, 0.5) is 0 Å². The van der Waals surface area contributed by atoms with Gasteiger partial charge in [0.15, 0.2) is 11.5 Å². The van der Waals surface area contributed by atoms with Gasteiger partial charge in [-0.3, -0.25) is 9.59 Å². The highest BCUT2D eigenvalue weighted by atomic mass is 16.7. The molecule has 0 aromatic heterocycles. The summed E-state index contributed by atoms with van der Waals surface area (Å²) in [4.78, 5) is 28.2. The second kappa shape index (κ2) is 10.5. The SMILES string of the molecule is CCCOc1ccc(/C(O)=C2\C(=O)C(=O)N(Cc3ccc4c(c3)OCO4)C2c2ccc(OC)cc2)cc1C. The summed E-state index contributed by atoms with van der Waals surface area (Å²) in [6.07, 6.45) is 0.871. The Bertz CT molecular complexity index is 1410. The molecule has 0 aliphatic carbocycles. The Morgan fingerprint density at radius 1 is 1.03 bits per heavy atom. The van der Waals surface area contributed by atoms with Gasteiger partial charge in [-0.05, 0) is 72.5 Å². The van der Waals surface area contributed by atoms with Gasteiger partial charge in [0.05, 0.1) is 25.3 Å². The highest BCUT2D eigenvalue weighted by Gasteiger charge is 2.46. The number of hydrogen-bond acceptors (Lipinski definition) is 7. The molecule has 38 heavy (non-hydrogen) atoms. The first-order valence-corrected chi connectivity index (χ1v) is 12.5. The van der Waals surface area contributed by atoms with E-state index in [4.69, 9.17) is 18.9 Å². The first-order chi connectivity index (χ1) is 18.4. The van der Waals surface area contributed by atoms with Crippen molar-refractivity contribution in [1.29, 1.82) is 0 Å². The van der Waals surface area contributed by atoms with Crippen molar-refractivity contribution >= 4 is 17.4 Å². The summed E-state index contributed by atoms with van der Waals surface area (Å²) in [5, 5.41) is 11.4. The van der Waals surface area contributed by atoms with Gasteiger partial charge in [0.2, 0.25) is 6.79 Å². The highest BCUT2D eigenvalue weighted by molar-refractivity contribution is 6.46. The predicted molar refractivity (Wildman–Crippen MR) is 140 cm³/mol. The molecule has 1 atom stereocenters. The molecule has 1 unspecified atom stereocenters. The van der Waals surface area contributed by atoms with Crippen LogP contribution >= 0.6 is 0 Å². The second-order valence-electron chi connectivity index (χ2n) is 9.22. The van der Waals surface area contributed by atoms with Gasteiger partial charge in [0.1, 0.15) is 17.3 Å². The lowest BCUT2D eigenvalue weighted by Gasteiger charge is -2.25. The van der Waals surface area contributed by atoms with Gasteiger partial charge in [-0.25, -0.2) is 0 Å². The maximum Gasteiger partial charge on any atom is 0.295 e. The molecule has 8 heteroatoms. The van der Waals surface area contributed by atoms with Crippen LogP contribution in [0.25, 0.3) is 5.76 Å². The van der Waals surface area contributed by atoms with Crippen LogP contribution in [0.15, 0.2) is 66.2 Å². The quantitative estimate of drug-likeness (QED) is 0.252. The van der Waals surface area contributed by atoms with E-state index in [-0.39, 0.29) is 24.7 Å². The lowest BCUT2D eigenvalue weighted by molar-refractivity contribution is -0.140. The fraction of sp³-hybridized carbons (Fsp3) is 0.267. The molecule has 5 rings (SSSR count). The minimum absolute atomic E-state index is 0.0301. The number of aryl methyl sites for hydroxylation is 1. The number of rotatable bonds is 8. The van der Waals surface area contributed by atoms with E-state index in [0.29, 0.717) is 40.7 Å². The van der Waals surface area contributed by atoms with Gasteiger partial charge in [-0.1, -0.05) is 25.1 Å². The van der Waals surface area contributed by atoms with Crippen LogP contribution in [0.1, 0.15) is 41.6 Å². The lowest BCUT2D eigenvalue weighted by atomic mass is 9.94. The van der Waals surface area contributed by atoms with Crippen LogP contribution in [0, 0.1) is 6.92 Å². The summed E-state index contributed by atoms with van der Waals surface area (Å²) < 4.78 is 21.9. The number of carbonyl (C=O) groups excluding carboxylic acids is 2. The maximum atomic E-state index is 13.4. The molecule has 8 nitrogen and oxygen atoms in total. The summed E-state index contributed by atoms with van der Waals surface area (Å²) in [5.74, 6) is 0.892. The molecule has 1 N–H and O–H groups in total. The third kappa shape index (κ3) is 4.65. The van der Waals surface area contributed by atoms with E-state index in [2.05, 4.69) is 0 Å². The second-order valence-corrected chi connectivity index (χ2v) is 9.22. The van der Waals surface area contributed by atoms with Crippen molar-refractivity contribution in [2.75, 3.05) is 20.5 Å². The fourth-order valence-electron chi connectivity index (χ4n) is 4.74. The molecular formula is C30H29NO7. The molecule has 0 spiro atoms. The fourth-order valence-corrected chi connectivity index (χ4v) is 4.74. The van der Waals surface area contributed by atoms with E-state index in [1.807, 2.05) is 19.9 Å². The summed E-state index contributed by atoms with van der Waals surface area (Å²) in [6, 6.07) is 16.9. The van der Waals surface area contributed by atoms with E-state index in [0.717, 1.165) is 17.5 Å². The Balaban J connectivity index is 1.57. The standard InChI is InChI=1S/C30H29NO7/c1-4-13-36-23-12-8-21(14-18(23)2)28(32)26-27(20-6-9-22(35-3)10-7-20)31(30(34)29(26)33)16-19-5-11-24-25(15-19)38-17-37-24/h5-12,14-15,27,32H,4,13,16-17H2,1-3H3/b28-26+. The van der Waals surface area contributed by atoms with Crippen molar-refractivity contribution in [3.8, 4) is 23.0 Å². The van der Waals surface area contributed by atoms with E-state index in [1.54, 1.807) is 61.7 Å². The summed E-state index contributed by atoms with van der Waals surface area (Å²) in [6.45, 7) is 4.75. The topological polar surface area (TPSA) is 94.5 Å². The molecule has 1 amide bonds. The van der Waals surface area contributed by atoms with Gasteiger partial charge < -0.3 is 29.0 Å². The van der Waals surface area contributed by atoms with Crippen molar-refractivity contribution in [2.24, 2.45) is 0 Å². The van der Waals surface area contributed by atoms with Gasteiger partial charge in [0, 0.05) is 12.1 Å². The molecule has 0 saturated carbocycles. The number of fused-ring (bicyclic) bond motifs is 1. The average Bonchev–Trinajstić information content (AvgIpc) is 3.50. The number of likely N-dealkylation sites (tertiary alicyclic amines) is 1. The molecular weight excluding hydrogens is 486 g/mol. The van der Waals surface area contributed by atoms with Crippen LogP contribution in [-0.2, 0) is 16.1 Å². The van der Waals surface area contributed by atoms with E-state index < -0.39 is 17.7 Å². The number of benzene rings is 3. The molecule has 2 aliphatic heterocycles. The van der Waals surface area contributed by atoms with Gasteiger partial charge in [0.25, 0.3) is 11.7 Å². The lowest BCUT2D eigenvalue weighted by Crippen LogP contribution is -2.29. The number of methoxy groups -OCH3 is 1. The molecule has 0 radical (unpaired) electrons.